The van der Waals surface area contributed by atoms with Gasteiger partial charge in [-0.3, -0.25) is 4.79 Å². The van der Waals surface area contributed by atoms with E-state index in [0.717, 1.165) is 27.8 Å². The van der Waals surface area contributed by atoms with Crippen LogP contribution < -0.4 is 10.1 Å². The molecule has 1 amide bonds. The second-order valence-corrected chi connectivity index (χ2v) is 7.38. The number of carbonyl (C=O) groups is 1. The van der Waals surface area contributed by atoms with E-state index < -0.39 is 0 Å². The van der Waals surface area contributed by atoms with Crippen molar-refractivity contribution in [1.29, 1.82) is 0 Å². The van der Waals surface area contributed by atoms with Gasteiger partial charge in [-0.05, 0) is 24.1 Å². The fourth-order valence-corrected chi connectivity index (χ4v) is 3.50. The molecule has 152 valence electrons. The fourth-order valence-electron chi connectivity index (χ4n) is 3.30. The van der Waals surface area contributed by atoms with E-state index in [-0.39, 0.29) is 12.5 Å². The molecule has 0 radical (unpaired) electrons. The molecule has 4 rings (SSSR count). The van der Waals surface area contributed by atoms with Crippen LogP contribution in [0.1, 0.15) is 11.1 Å². The van der Waals surface area contributed by atoms with E-state index in [9.17, 15) is 4.79 Å². The maximum Gasteiger partial charge on any atom is 0.258 e. The lowest BCUT2D eigenvalue weighted by atomic mass is 10.1. The number of nitrogens with one attached hydrogen (secondary N) is 1. The van der Waals surface area contributed by atoms with Crippen molar-refractivity contribution in [2.24, 2.45) is 7.05 Å². The van der Waals surface area contributed by atoms with E-state index in [0.29, 0.717) is 23.1 Å². The number of amides is 1. The molecule has 7 heteroatoms. The minimum atomic E-state index is -0.246. The molecular formula is C23H21ClN4O2. The molecule has 0 aliphatic rings. The molecule has 0 aliphatic heterocycles. The summed E-state index contributed by atoms with van der Waals surface area (Å²) >= 11 is 6.11. The predicted octanol–water partition coefficient (Wildman–Crippen LogP) is 4.29. The first-order chi connectivity index (χ1) is 14.5. The van der Waals surface area contributed by atoms with Gasteiger partial charge < -0.3 is 10.1 Å². The molecule has 0 saturated heterocycles. The first kappa shape index (κ1) is 19.9. The van der Waals surface area contributed by atoms with Gasteiger partial charge in [0.05, 0.1) is 5.39 Å². The lowest BCUT2D eigenvalue weighted by molar-refractivity contribution is -0.123. The first-order valence-electron chi connectivity index (χ1n) is 9.55. The maximum absolute atomic E-state index is 12.2. The summed E-state index contributed by atoms with van der Waals surface area (Å²) in [7, 11) is 1.85. The van der Waals surface area contributed by atoms with Gasteiger partial charge in [0.25, 0.3) is 5.91 Å². The van der Waals surface area contributed by atoms with Crippen molar-refractivity contribution in [3.8, 4) is 17.1 Å². The number of benzene rings is 2. The molecular weight excluding hydrogens is 400 g/mol. The van der Waals surface area contributed by atoms with Crippen LogP contribution in [0.3, 0.4) is 0 Å². The standard InChI is InChI=1S/C23H21ClN4O2/c1-15-12-20(30-14-19(29)25-13-17-10-6-7-11-18(17)24)26-23-21(15)22(27-28(23)2)16-8-4-3-5-9-16/h3-12H,13-14H2,1-2H3,(H,25,29). The minimum absolute atomic E-state index is 0.133. The molecule has 0 aliphatic carbocycles. The number of carbonyl (C=O) groups excluding carboxylic acids is 1. The molecule has 30 heavy (non-hydrogen) atoms. The van der Waals surface area contributed by atoms with Crippen LogP contribution in [0.5, 0.6) is 5.88 Å². The van der Waals surface area contributed by atoms with Crippen LogP contribution in [0.2, 0.25) is 5.02 Å². The Morgan fingerprint density at radius 3 is 2.63 bits per heavy atom. The molecule has 4 aromatic rings. The van der Waals surface area contributed by atoms with E-state index in [2.05, 4.69) is 15.4 Å². The third kappa shape index (κ3) is 4.14. The van der Waals surface area contributed by atoms with Crippen molar-refractivity contribution >= 4 is 28.5 Å². The molecule has 0 atom stereocenters. The number of hydrogen-bond donors (Lipinski definition) is 1. The Kier molecular flexibility index (Phi) is 5.68. The van der Waals surface area contributed by atoms with Crippen LogP contribution >= 0.6 is 11.6 Å². The number of fused-ring (bicyclic) bond motifs is 1. The normalized spacial score (nSPS) is 10.9. The molecule has 6 nitrogen and oxygen atoms in total. The molecule has 0 fully saturated rings. The van der Waals surface area contributed by atoms with Gasteiger partial charge in [0, 0.05) is 30.2 Å². The van der Waals surface area contributed by atoms with Crippen LogP contribution in [0.4, 0.5) is 0 Å². The number of halogens is 1. The number of aromatic nitrogens is 3. The number of rotatable bonds is 6. The number of ether oxygens (including phenoxy) is 1. The van der Waals surface area contributed by atoms with Crippen molar-refractivity contribution in [3.05, 3.63) is 76.8 Å². The Morgan fingerprint density at radius 1 is 1.13 bits per heavy atom. The van der Waals surface area contributed by atoms with Crippen LogP contribution in [-0.4, -0.2) is 27.3 Å². The zero-order valence-corrected chi connectivity index (χ0v) is 17.5. The Hall–Kier alpha value is -3.38. The molecule has 2 aromatic carbocycles. The van der Waals surface area contributed by atoms with E-state index in [1.807, 2.05) is 68.6 Å². The zero-order chi connectivity index (χ0) is 21.1. The van der Waals surface area contributed by atoms with Crippen LogP contribution in [-0.2, 0) is 18.4 Å². The minimum Gasteiger partial charge on any atom is -0.468 e. The Balaban J connectivity index is 1.48. The van der Waals surface area contributed by atoms with Crippen molar-refractivity contribution in [2.45, 2.75) is 13.5 Å². The summed E-state index contributed by atoms with van der Waals surface area (Å²) in [4.78, 5) is 16.7. The monoisotopic (exact) mass is 420 g/mol. The van der Waals surface area contributed by atoms with E-state index in [1.165, 1.54) is 0 Å². The SMILES string of the molecule is Cc1cc(OCC(=O)NCc2ccccc2Cl)nc2c1c(-c1ccccc1)nn2C. The summed E-state index contributed by atoms with van der Waals surface area (Å²) in [6, 6.07) is 19.2. The maximum atomic E-state index is 12.2. The van der Waals surface area contributed by atoms with Crippen LogP contribution in [0.15, 0.2) is 60.7 Å². The lowest BCUT2D eigenvalue weighted by Gasteiger charge is -2.09. The van der Waals surface area contributed by atoms with Crippen LogP contribution in [0.25, 0.3) is 22.3 Å². The number of hydrogen-bond acceptors (Lipinski definition) is 4. The van der Waals surface area contributed by atoms with Gasteiger partial charge in [0.2, 0.25) is 5.88 Å². The quantitative estimate of drug-likeness (QED) is 0.505. The smallest absolute Gasteiger partial charge is 0.258 e. The summed E-state index contributed by atoms with van der Waals surface area (Å²) in [6.07, 6.45) is 0. The topological polar surface area (TPSA) is 69.0 Å². The highest BCUT2D eigenvalue weighted by Crippen LogP contribution is 2.31. The predicted molar refractivity (Wildman–Crippen MR) is 117 cm³/mol. The highest BCUT2D eigenvalue weighted by molar-refractivity contribution is 6.31. The molecule has 2 heterocycles. The van der Waals surface area contributed by atoms with E-state index in [1.54, 1.807) is 10.7 Å². The van der Waals surface area contributed by atoms with Crippen molar-refractivity contribution in [3.63, 3.8) is 0 Å². The summed E-state index contributed by atoms with van der Waals surface area (Å²) in [6.45, 7) is 2.20. The van der Waals surface area contributed by atoms with E-state index in [4.69, 9.17) is 16.3 Å². The molecule has 0 unspecified atom stereocenters. The summed E-state index contributed by atoms with van der Waals surface area (Å²) in [5.74, 6) is 0.139. The van der Waals surface area contributed by atoms with Gasteiger partial charge in [-0.2, -0.15) is 10.1 Å². The van der Waals surface area contributed by atoms with Crippen molar-refractivity contribution in [2.75, 3.05) is 6.61 Å². The highest BCUT2D eigenvalue weighted by Gasteiger charge is 2.16. The molecule has 2 aromatic heterocycles. The Morgan fingerprint density at radius 2 is 1.87 bits per heavy atom. The Bertz CT molecular complexity index is 1200. The fraction of sp³-hybridized carbons (Fsp3) is 0.174. The van der Waals surface area contributed by atoms with Gasteiger partial charge in [-0.15, -0.1) is 0 Å². The lowest BCUT2D eigenvalue weighted by Crippen LogP contribution is -2.28. The number of nitrogens with zero attached hydrogens (tertiary/aromatic N) is 3. The van der Waals surface area contributed by atoms with Gasteiger partial charge in [0.15, 0.2) is 12.3 Å². The number of aryl methyl sites for hydroxylation is 2. The summed E-state index contributed by atoms with van der Waals surface area (Å²) in [5.41, 5.74) is 4.45. The number of pyridine rings is 1. The highest BCUT2D eigenvalue weighted by atomic mass is 35.5. The summed E-state index contributed by atoms with van der Waals surface area (Å²) < 4.78 is 7.38. The van der Waals surface area contributed by atoms with Gasteiger partial charge >= 0.3 is 0 Å². The van der Waals surface area contributed by atoms with Gasteiger partial charge in [-0.25, -0.2) is 4.68 Å². The summed E-state index contributed by atoms with van der Waals surface area (Å²) in [5, 5.41) is 9.03. The second kappa shape index (κ2) is 8.55. The molecule has 0 spiro atoms. The Labute approximate surface area is 179 Å². The van der Waals surface area contributed by atoms with Crippen LogP contribution in [0, 0.1) is 6.92 Å². The first-order valence-corrected chi connectivity index (χ1v) is 9.93. The average Bonchev–Trinajstić information content (AvgIpc) is 3.09. The van der Waals surface area contributed by atoms with E-state index >= 15 is 0 Å². The molecule has 0 bridgehead atoms. The van der Waals surface area contributed by atoms with Gasteiger partial charge in [0.1, 0.15) is 5.69 Å². The van der Waals surface area contributed by atoms with Crippen molar-refractivity contribution < 1.29 is 9.53 Å². The third-order valence-corrected chi connectivity index (χ3v) is 5.17. The second-order valence-electron chi connectivity index (χ2n) is 6.97. The average molecular weight is 421 g/mol. The van der Waals surface area contributed by atoms with Gasteiger partial charge in [-0.1, -0.05) is 60.1 Å². The third-order valence-electron chi connectivity index (χ3n) is 4.80. The molecule has 0 saturated carbocycles. The largest absolute Gasteiger partial charge is 0.468 e. The zero-order valence-electron chi connectivity index (χ0n) is 16.7. The van der Waals surface area contributed by atoms with Crippen molar-refractivity contribution in [1.82, 2.24) is 20.1 Å². The molecule has 1 N–H and O–H groups in total.